The molecule has 0 radical (unpaired) electrons. The molecule has 10 aromatic carbocycles. The first-order chi connectivity index (χ1) is 38.8. The Balaban J connectivity index is 0.000000163. The molecular weight excluding hydrogens is 953 g/mol. The molecule has 0 bridgehead atoms. The van der Waals surface area contributed by atoms with Gasteiger partial charge in [-0.25, -0.2) is 0 Å². The van der Waals surface area contributed by atoms with Crippen molar-refractivity contribution in [3.63, 3.8) is 0 Å². The van der Waals surface area contributed by atoms with Crippen LogP contribution in [0, 0.1) is 20.8 Å². The third kappa shape index (κ3) is 10.4. The zero-order valence-electron chi connectivity index (χ0n) is 47.3. The average Bonchev–Trinajstić information content (AvgIpc) is 3.85. The molecule has 2 heteroatoms. The largest absolute Gasteiger partial charge is 0.307 e. The molecule has 12 aromatic rings. The second kappa shape index (κ2) is 23.6. The molecule has 79 heavy (non-hydrogen) atoms. The number of unbranched alkanes of at least 4 members (excludes halogenated alkanes) is 2. The number of rotatable bonds is 11. The third-order valence-electron chi connectivity index (χ3n) is 16.7. The Labute approximate surface area is 469 Å². The van der Waals surface area contributed by atoms with Crippen molar-refractivity contribution in [3.8, 4) is 33.6 Å². The molecule has 2 unspecified atom stereocenters. The predicted octanol–water partition coefficient (Wildman–Crippen LogP) is 21.7. The maximum Gasteiger partial charge on any atom is 0.0788 e. The van der Waals surface area contributed by atoms with Gasteiger partial charge in [-0.05, 0) is 156 Å². The first-order valence-electron chi connectivity index (χ1n) is 29.0. The van der Waals surface area contributed by atoms with Crippen LogP contribution >= 0.6 is 0 Å². The van der Waals surface area contributed by atoms with Crippen LogP contribution in [0.2, 0.25) is 0 Å². The molecule has 0 N–H and O–H groups in total. The van der Waals surface area contributed by atoms with Crippen molar-refractivity contribution in [2.75, 3.05) is 0 Å². The fourth-order valence-electron chi connectivity index (χ4n) is 12.4. The zero-order chi connectivity index (χ0) is 54.4. The molecule has 0 saturated carbocycles. The molecule has 0 aliphatic heterocycles. The first-order valence-corrected chi connectivity index (χ1v) is 29.0. The van der Waals surface area contributed by atoms with Gasteiger partial charge in [-0.1, -0.05) is 252 Å². The lowest BCUT2D eigenvalue weighted by Gasteiger charge is -2.32. The SMILES string of the molecule is CCC(C)c1c(-c2ccccc2C)ccc2c1CC(CC)c1ccccc1-2.CCCC/C=C(/c1ccc(C)cc1)c1ccc(-n2c3ccccc3c3ccc4c5ccccc5n(-c5ccccc5)c4c32)cc1.Cc1ccccc1. The summed E-state index contributed by atoms with van der Waals surface area (Å²) in [5.41, 5.74) is 25.5. The van der Waals surface area contributed by atoms with Gasteiger partial charge in [-0.3, -0.25) is 0 Å². The molecule has 0 saturated heterocycles. The van der Waals surface area contributed by atoms with Crippen LogP contribution in [0.15, 0.2) is 237 Å². The number of hydrogen-bond donors (Lipinski definition) is 0. The van der Waals surface area contributed by atoms with Crippen LogP contribution in [0.1, 0.15) is 116 Å². The number of para-hydroxylation sites is 3. The standard InChI is InChI=1S/C43H36N2.C27H30.C7H8/c1-3-4-6-15-35(31-22-20-30(2)21-23-31)32-24-26-34(27-25-32)45-41-19-12-10-17-37(41)39-29-28-38-36-16-9-11-18-40(36)44(42(38)43(39)45)33-13-7-5-8-14-33;1-5-18(3)27-25(21-12-8-7-11-19(21)4)16-15-24-23-14-10-9-13-22(23)20(6-2)17-26(24)27;1-7-5-3-2-4-6-7/h5,7-29H,3-4,6H2,1-2H3;7-16,18,20H,5-6,17H2,1-4H3;2-6H,1H3/b35-15-;;. The summed E-state index contributed by atoms with van der Waals surface area (Å²) in [6.45, 7) is 15.8. The van der Waals surface area contributed by atoms with Gasteiger partial charge in [0.2, 0.25) is 0 Å². The minimum atomic E-state index is 0.567. The Hall–Kier alpha value is -8.46. The summed E-state index contributed by atoms with van der Waals surface area (Å²) in [4.78, 5) is 0. The smallest absolute Gasteiger partial charge is 0.0788 e. The minimum Gasteiger partial charge on any atom is -0.307 e. The van der Waals surface area contributed by atoms with Crippen LogP contribution < -0.4 is 0 Å². The van der Waals surface area contributed by atoms with Crippen LogP contribution in [0.5, 0.6) is 0 Å². The lowest BCUT2D eigenvalue weighted by Crippen LogP contribution is -2.14. The van der Waals surface area contributed by atoms with Gasteiger partial charge in [0.15, 0.2) is 0 Å². The van der Waals surface area contributed by atoms with Crippen molar-refractivity contribution in [1.82, 2.24) is 9.13 Å². The highest BCUT2D eigenvalue weighted by Gasteiger charge is 2.29. The van der Waals surface area contributed by atoms with E-state index < -0.39 is 0 Å². The van der Waals surface area contributed by atoms with E-state index in [-0.39, 0.29) is 0 Å². The summed E-state index contributed by atoms with van der Waals surface area (Å²) in [5, 5.41) is 5.07. The molecule has 13 rings (SSSR count). The molecule has 2 atom stereocenters. The van der Waals surface area contributed by atoms with Gasteiger partial charge in [0.25, 0.3) is 0 Å². The summed E-state index contributed by atoms with van der Waals surface area (Å²) < 4.78 is 4.92. The van der Waals surface area contributed by atoms with E-state index in [0.717, 1.165) is 6.42 Å². The van der Waals surface area contributed by atoms with E-state index in [0.29, 0.717) is 11.8 Å². The molecule has 392 valence electrons. The number of aromatic nitrogens is 2. The van der Waals surface area contributed by atoms with E-state index in [1.54, 1.807) is 11.1 Å². The Bertz CT molecular complexity index is 4070. The number of nitrogens with zero attached hydrogens (tertiary/aromatic N) is 2. The fourth-order valence-corrected chi connectivity index (χ4v) is 12.4. The van der Waals surface area contributed by atoms with E-state index in [9.17, 15) is 0 Å². The number of aryl methyl sites for hydroxylation is 3. The van der Waals surface area contributed by atoms with Crippen LogP contribution in [-0.2, 0) is 6.42 Å². The Kier molecular flexibility index (Phi) is 15.7. The maximum absolute atomic E-state index is 2.47. The van der Waals surface area contributed by atoms with Gasteiger partial charge in [-0.15, -0.1) is 0 Å². The number of benzene rings is 10. The van der Waals surface area contributed by atoms with Gasteiger partial charge in [0.05, 0.1) is 22.1 Å². The highest BCUT2D eigenvalue weighted by molar-refractivity contribution is 6.23. The van der Waals surface area contributed by atoms with Crippen molar-refractivity contribution in [2.45, 2.75) is 98.8 Å². The van der Waals surface area contributed by atoms with Gasteiger partial charge < -0.3 is 9.13 Å². The number of hydrogen-bond acceptors (Lipinski definition) is 0. The quantitative estimate of drug-likeness (QED) is 0.114. The van der Waals surface area contributed by atoms with E-state index in [1.165, 1.54) is 148 Å². The van der Waals surface area contributed by atoms with Crippen molar-refractivity contribution < 1.29 is 0 Å². The summed E-state index contributed by atoms with van der Waals surface area (Å²) >= 11 is 0. The second-order valence-electron chi connectivity index (χ2n) is 21.8. The topological polar surface area (TPSA) is 9.86 Å². The first kappa shape index (κ1) is 52.6. The van der Waals surface area contributed by atoms with Gasteiger partial charge in [-0.2, -0.15) is 0 Å². The van der Waals surface area contributed by atoms with E-state index in [1.807, 2.05) is 18.2 Å². The lowest BCUT2D eigenvalue weighted by molar-refractivity contribution is 0.637. The molecule has 0 fully saturated rings. The lowest BCUT2D eigenvalue weighted by atomic mass is 9.72. The molecule has 1 aliphatic rings. The maximum atomic E-state index is 2.47. The Morgan fingerprint density at radius 1 is 0.468 bits per heavy atom. The van der Waals surface area contributed by atoms with Crippen LogP contribution in [0.25, 0.3) is 82.8 Å². The predicted molar refractivity (Wildman–Crippen MR) is 342 cm³/mol. The normalized spacial score (nSPS) is 13.4. The van der Waals surface area contributed by atoms with Crippen molar-refractivity contribution in [2.24, 2.45) is 0 Å². The molecule has 2 heterocycles. The number of allylic oxidation sites excluding steroid dienone is 1. The second-order valence-corrected chi connectivity index (χ2v) is 21.8. The summed E-state index contributed by atoms with van der Waals surface area (Å²) in [6, 6.07) is 84.1. The average molecular weight is 1030 g/mol. The Morgan fingerprint density at radius 2 is 0.975 bits per heavy atom. The van der Waals surface area contributed by atoms with E-state index >= 15 is 0 Å². The monoisotopic (exact) mass is 1030 g/mol. The zero-order valence-corrected chi connectivity index (χ0v) is 47.3. The third-order valence-corrected chi connectivity index (χ3v) is 16.7. The molecular formula is C77H74N2. The van der Waals surface area contributed by atoms with Crippen LogP contribution in [0.3, 0.4) is 0 Å². The fraction of sp³-hybridized carbons (Fsp3) is 0.195. The molecule has 0 amide bonds. The van der Waals surface area contributed by atoms with Gasteiger partial charge in [0.1, 0.15) is 0 Å². The van der Waals surface area contributed by atoms with E-state index in [2.05, 4.69) is 276 Å². The highest BCUT2D eigenvalue weighted by atomic mass is 15.0. The summed E-state index contributed by atoms with van der Waals surface area (Å²) in [7, 11) is 0. The van der Waals surface area contributed by atoms with Crippen molar-refractivity contribution in [1.29, 1.82) is 0 Å². The molecule has 2 nitrogen and oxygen atoms in total. The van der Waals surface area contributed by atoms with E-state index in [4.69, 9.17) is 0 Å². The van der Waals surface area contributed by atoms with Gasteiger partial charge in [0, 0.05) is 32.9 Å². The highest BCUT2D eigenvalue weighted by Crippen LogP contribution is 2.48. The van der Waals surface area contributed by atoms with Crippen molar-refractivity contribution >= 4 is 49.2 Å². The summed E-state index contributed by atoms with van der Waals surface area (Å²) in [6.07, 6.45) is 9.43. The molecule has 1 aliphatic carbocycles. The van der Waals surface area contributed by atoms with Crippen LogP contribution in [0.4, 0.5) is 0 Å². The van der Waals surface area contributed by atoms with Crippen molar-refractivity contribution in [3.05, 3.63) is 281 Å². The Morgan fingerprint density at radius 3 is 1.54 bits per heavy atom. The van der Waals surface area contributed by atoms with Gasteiger partial charge >= 0.3 is 0 Å². The number of fused-ring (bicyclic) bond motifs is 10. The molecule has 0 spiro atoms. The summed E-state index contributed by atoms with van der Waals surface area (Å²) in [5.74, 6) is 1.20. The van der Waals surface area contributed by atoms with Crippen LogP contribution in [-0.4, -0.2) is 9.13 Å². The molecule has 2 aromatic heterocycles. The minimum absolute atomic E-state index is 0.567.